The van der Waals surface area contributed by atoms with Crippen LogP contribution in [0.4, 0.5) is 0 Å². The van der Waals surface area contributed by atoms with Crippen LogP contribution in [0.2, 0.25) is 0 Å². The van der Waals surface area contributed by atoms with E-state index in [9.17, 15) is 10.2 Å². The van der Waals surface area contributed by atoms with Gasteiger partial charge in [0, 0.05) is 5.41 Å². The molecule has 0 bridgehead atoms. The molecule has 19 heavy (non-hydrogen) atoms. The van der Waals surface area contributed by atoms with Gasteiger partial charge in [0.05, 0.1) is 25.4 Å². The Labute approximate surface area is 117 Å². The van der Waals surface area contributed by atoms with Crippen molar-refractivity contribution >= 4 is 0 Å². The Bertz CT molecular complexity index is 255. The molecule has 2 N–H and O–H groups in total. The van der Waals surface area contributed by atoms with E-state index in [2.05, 4.69) is 6.92 Å². The first-order valence-corrected chi connectivity index (χ1v) is 7.52. The second-order valence-electron chi connectivity index (χ2n) is 6.11. The number of hydrogen-bond donors (Lipinski definition) is 2. The Morgan fingerprint density at radius 2 is 1.84 bits per heavy atom. The highest BCUT2D eigenvalue weighted by Crippen LogP contribution is 2.36. The molecule has 3 unspecified atom stereocenters. The first-order valence-electron chi connectivity index (χ1n) is 7.52. The second-order valence-corrected chi connectivity index (χ2v) is 6.11. The summed E-state index contributed by atoms with van der Waals surface area (Å²) in [7, 11) is 0. The van der Waals surface area contributed by atoms with Crippen LogP contribution in [0, 0.1) is 11.3 Å². The van der Waals surface area contributed by atoms with E-state index in [0.29, 0.717) is 18.9 Å². The van der Waals surface area contributed by atoms with Crippen molar-refractivity contribution in [3.05, 3.63) is 0 Å². The Morgan fingerprint density at radius 3 is 2.32 bits per heavy atom. The number of rotatable bonds is 10. The molecular formula is C15H30O4. The average Bonchev–Trinajstić information content (AvgIpc) is 3.25. The van der Waals surface area contributed by atoms with Crippen molar-refractivity contribution in [3.63, 3.8) is 0 Å². The predicted molar refractivity (Wildman–Crippen MR) is 74.8 cm³/mol. The maximum atomic E-state index is 10.2. The predicted octanol–water partition coefficient (Wildman–Crippen LogP) is 2.32. The zero-order valence-electron chi connectivity index (χ0n) is 12.8. The zero-order valence-corrected chi connectivity index (χ0v) is 12.8. The van der Waals surface area contributed by atoms with Gasteiger partial charge < -0.3 is 19.7 Å². The van der Waals surface area contributed by atoms with Crippen molar-refractivity contribution in [2.75, 3.05) is 13.2 Å². The van der Waals surface area contributed by atoms with E-state index in [0.717, 1.165) is 6.42 Å². The standard InChI is InChI=1S/C15H30O4/c1-5-13(16)9-18-14(17)15(4,6-2)10-19-11(3)12-7-8-12/h11-14,16-17H,5-10H2,1-4H3/t11?,13-,14?,15?/m1/s1. The van der Waals surface area contributed by atoms with Crippen LogP contribution in [0.1, 0.15) is 53.4 Å². The summed E-state index contributed by atoms with van der Waals surface area (Å²) in [6, 6.07) is 0. The molecule has 0 heterocycles. The van der Waals surface area contributed by atoms with Gasteiger partial charge in [-0.2, -0.15) is 0 Å². The van der Waals surface area contributed by atoms with Crippen molar-refractivity contribution in [2.45, 2.75) is 71.9 Å². The van der Waals surface area contributed by atoms with Crippen LogP contribution < -0.4 is 0 Å². The molecule has 1 rings (SSSR count). The normalized spacial score (nSPS) is 23.7. The first kappa shape index (κ1) is 16.9. The highest BCUT2D eigenvalue weighted by molar-refractivity contribution is 4.81. The Kier molecular flexibility index (Phi) is 6.74. The van der Waals surface area contributed by atoms with Crippen molar-refractivity contribution in [3.8, 4) is 0 Å². The quantitative estimate of drug-likeness (QED) is 0.600. The molecule has 0 saturated heterocycles. The highest BCUT2D eigenvalue weighted by Gasteiger charge is 2.36. The van der Waals surface area contributed by atoms with E-state index in [-0.39, 0.29) is 12.7 Å². The number of aliphatic hydroxyl groups excluding tert-OH is 2. The molecule has 114 valence electrons. The van der Waals surface area contributed by atoms with Gasteiger partial charge in [0.15, 0.2) is 6.29 Å². The lowest BCUT2D eigenvalue weighted by Crippen LogP contribution is -2.40. The second kappa shape index (κ2) is 7.58. The smallest absolute Gasteiger partial charge is 0.162 e. The third-order valence-electron chi connectivity index (χ3n) is 4.28. The molecule has 0 aromatic carbocycles. The molecule has 1 saturated carbocycles. The Morgan fingerprint density at radius 1 is 1.21 bits per heavy atom. The highest BCUT2D eigenvalue weighted by atomic mass is 16.6. The van der Waals surface area contributed by atoms with Gasteiger partial charge in [0.1, 0.15) is 0 Å². The Hall–Kier alpha value is -0.160. The summed E-state index contributed by atoms with van der Waals surface area (Å²) < 4.78 is 11.3. The van der Waals surface area contributed by atoms with Crippen molar-refractivity contribution < 1.29 is 19.7 Å². The van der Waals surface area contributed by atoms with Gasteiger partial charge in [-0.1, -0.05) is 20.8 Å². The van der Waals surface area contributed by atoms with Crippen LogP contribution in [0.3, 0.4) is 0 Å². The van der Waals surface area contributed by atoms with E-state index < -0.39 is 17.8 Å². The SMILES string of the molecule is CC[C@@H](O)COC(O)C(C)(CC)COC(C)C1CC1. The van der Waals surface area contributed by atoms with E-state index in [4.69, 9.17) is 9.47 Å². The van der Waals surface area contributed by atoms with Gasteiger partial charge in [-0.05, 0) is 38.5 Å². The van der Waals surface area contributed by atoms with Crippen LogP contribution in [0.15, 0.2) is 0 Å². The van der Waals surface area contributed by atoms with Gasteiger partial charge in [0.25, 0.3) is 0 Å². The number of hydrogen-bond acceptors (Lipinski definition) is 4. The average molecular weight is 274 g/mol. The molecule has 0 spiro atoms. The van der Waals surface area contributed by atoms with Crippen molar-refractivity contribution in [1.29, 1.82) is 0 Å². The molecule has 0 aromatic rings. The molecule has 0 radical (unpaired) electrons. The molecule has 0 amide bonds. The first-order chi connectivity index (χ1) is 8.92. The summed E-state index contributed by atoms with van der Waals surface area (Å²) >= 11 is 0. The van der Waals surface area contributed by atoms with Crippen molar-refractivity contribution in [1.82, 2.24) is 0 Å². The maximum Gasteiger partial charge on any atom is 0.162 e. The van der Waals surface area contributed by atoms with E-state index in [1.807, 2.05) is 20.8 Å². The van der Waals surface area contributed by atoms with Crippen LogP contribution in [-0.2, 0) is 9.47 Å². The van der Waals surface area contributed by atoms with Crippen LogP contribution in [-0.4, -0.2) is 41.9 Å². The van der Waals surface area contributed by atoms with Crippen LogP contribution in [0.25, 0.3) is 0 Å². The summed E-state index contributed by atoms with van der Waals surface area (Å²) in [6.45, 7) is 8.64. The molecule has 4 heteroatoms. The van der Waals surface area contributed by atoms with E-state index >= 15 is 0 Å². The fraction of sp³-hybridized carbons (Fsp3) is 1.00. The molecular weight excluding hydrogens is 244 g/mol. The molecule has 0 aromatic heterocycles. The molecule has 1 aliphatic rings. The topological polar surface area (TPSA) is 58.9 Å². The lowest BCUT2D eigenvalue weighted by atomic mass is 9.87. The van der Waals surface area contributed by atoms with Crippen LogP contribution in [0.5, 0.6) is 0 Å². The third kappa shape index (κ3) is 5.38. The van der Waals surface area contributed by atoms with Crippen LogP contribution >= 0.6 is 0 Å². The summed E-state index contributed by atoms with van der Waals surface area (Å²) in [6.07, 6.45) is 2.77. The van der Waals surface area contributed by atoms with Gasteiger partial charge >= 0.3 is 0 Å². The molecule has 0 aliphatic heterocycles. The summed E-state index contributed by atoms with van der Waals surface area (Å²) in [4.78, 5) is 0. The van der Waals surface area contributed by atoms with Gasteiger partial charge in [0.2, 0.25) is 0 Å². The molecule has 1 fully saturated rings. The summed E-state index contributed by atoms with van der Waals surface area (Å²) in [5, 5.41) is 19.6. The molecule has 4 atom stereocenters. The largest absolute Gasteiger partial charge is 0.391 e. The van der Waals surface area contributed by atoms with E-state index in [1.54, 1.807) is 0 Å². The maximum absolute atomic E-state index is 10.2. The van der Waals surface area contributed by atoms with Crippen molar-refractivity contribution in [2.24, 2.45) is 11.3 Å². The summed E-state index contributed by atoms with van der Waals surface area (Å²) in [5.74, 6) is 0.695. The minimum absolute atomic E-state index is 0.172. The number of ether oxygens (including phenoxy) is 2. The molecule has 4 nitrogen and oxygen atoms in total. The Balaban J connectivity index is 2.37. The fourth-order valence-electron chi connectivity index (χ4n) is 1.89. The van der Waals surface area contributed by atoms with Gasteiger partial charge in [-0.3, -0.25) is 0 Å². The summed E-state index contributed by atoms with van der Waals surface area (Å²) in [5.41, 5.74) is -0.420. The lowest BCUT2D eigenvalue weighted by Gasteiger charge is -2.34. The monoisotopic (exact) mass is 274 g/mol. The minimum Gasteiger partial charge on any atom is -0.391 e. The van der Waals surface area contributed by atoms with Gasteiger partial charge in [-0.25, -0.2) is 0 Å². The zero-order chi connectivity index (χ0) is 14.5. The van der Waals surface area contributed by atoms with E-state index in [1.165, 1.54) is 12.8 Å². The number of aliphatic hydroxyl groups is 2. The molecule has 1 aliphatic carbocycles. The fourth-order valence-corrected chi connectivity index (χ4v) is 1.89. The van der Waals surface area contributed by atoms with Gasteiger partial charge in [-0.15, -0.1) is 0 Å². The third-order valence-corrected chi connectivity index (χ3v) is 4.28. The minimum atomic E-state index is -0.898. The lowest BCUT2D eigenvalue weighted by molar-refractivity contribution is -0.203.